The van der Waals surface area contributed by atoms with Crippen molar-refractivity contribution >= 4 is 23.2 Å². The molecular weight excluding hydrogens is 292 g/mol. The Hall–Kier alpha value is -1.65. The molecule has 0 fully saturated rings. The topological polar surface area (TPSA) is 63.6 Å². The summed E-state index contributed by atoms with van der Waals surface area (Å²) < 4.78 is 5.37. The van der Waals surface area contributed by atoms with E-state index in [0.29, 0.717) is 17.3 Å². The van der Waals surface area contributed by atoms with Gasteiger partial charge in [0.15, 0.2) is 5.60 Å². The van der Waals surface area contributed by atoms with Crippen molar-refractivity contribution in [2.75, 3.05) is 0 Å². The summed E-state index contributed by atoms with van der Waals surface area (Å²) in [5.41, 5.74) is -1.72. The number of halogens is 1. The summed E-state index contributed by atoms with van der Waals surface area (Å²) >= 11 is 6.00. The molecule has 0 amide bonds. The Labute approximate surface area is 128 Å². The lowest BCUT2D eigenvalue weighted by atomic mass is 9.80. The van der Waals surface area contributed by atoms with E-state index >= 15 is 0 Å². The zero-order valence-electron chi connectivity index (χ0n) is 12.1. The molecule has 0 aromatic rings. The highest BCUT2D eigenvalue weighted by atomic mass is 35.5. The van der Waals surface area contributed by atoms with Crippen molar-refractivity contribution in [3.8, 4) is 0 Å². The zero-order chi connectivity index (χ0) is 15.8. The van der Waals surface area contributed by atoms with Gasteiger partial charge >= 0.3 is 0 Å². The minimum Gasteiger partial charge on any atom is -0.464 e. The zero-order valence-corrected chi connectivity index (χ0v) is 12.9. The van der Waals surface area contributed by atoms with Gasteiger partial charge in [-0.25, -0.2) is 0 Å². The molecule has 0 saturated heterocycles. The Kier molecular flexibility index (Phi) is 4.21. The second-order valence-corrected chi connectivity index (χ2v) is 5.78. The molecule has 1 aliphatic heterocycles. The number of carbonyl (C=O) groups is 2. The molecule has 2 rings (SSSR count). The molecular formula is C16H17ClO4. The van der Waals surface area contributed by atoms with Crippen LogP contribution < -0.4 is 0 Å². The standard InChI is InChI=1S/C16H17ClO4/c1-4-9(2)5-6-10-7-11-12(8-21-10)14(18)16(3,20)15(19)13(11)17/h5-9,20H,4H2,1-3H3/b6-5+/t9-,16-/m0/s1. The number of ketones is 2. The van der Waals surface area contributed by atoms with Crippen LogP contribution >= 0.6 is 11.6 Å². The molecule has 21 heavy (non-hydrogen) atoms. The van der Waals surface area contributed by atoms with E-state index < -0.39 is 17.2 Å². The molecule has 0 radical (unpaired) electrons. The molecule has 0 unspecified atom stereocenters. The Morgan fingerprint density at radius 2 is 2.10 bits per heavy atom. The first-order chi connectivity index (χ1) is 9.78. The minimum atomic E-state index is -2.13. The van der Waals surface area contributed by atoms with Gasteiger partial charge in [-0.05, 0) is 25.0 Å². The number of aliphatic hydroxyl groups is 1. The van der Waals surface area contributed by atoms with Gasteiger partial charge in [0.1, 0.15) is 12.0 Å². The molecule has 0 aromatic heterocycles. The van der Waals surface area contributed by atoms with Crippen molar-refractivity contribution in [1.29, 1.82) is 0 Å². The first-order valence-corrected chi connectivity index (χ1v) is 7.15. The van der Waals surface area contributed by atoms with Crippen LogP contribution in [0.3, 0.4) is 0 Å². The van der Waals surface area contributed by atoms with Crippen molar-refractivity contribution in [3.63, 3.8) is 0 Å². The first kappa shape index (κ1) is 15.7. The molecule has 5 heteroatoms. The fourth-order valence-corrected chi connectivity index (χ4v) is 2.33. The number of hydrogen-bond donors (Lipinski definition) is 1. The average Bonchev–Trinajstić information content (AvgIpc) is 2.48. The third-order valence-electron chi connectivity index (χ3n) is 3.69. The van der Waals surface area contributed by atoms with E-state index in [-0.39, 0.29) is 10.6 Å². The smallest absolute Gasteiger partial charge is 0.214 e. The van der Waals surface area contributed by atoms with Crippen molar-refractivity contribution in [1.82, 2.24) is 0 Å². The molecule has 1 N–H and O–H groups in total. The molecule has 112 valence electrons. The molecule has 4 nitrogen and oxygen atoms in total. The first-order valence-electron chi connectivity index (χ1n) is 6.77. The van der Waals surface area contributed by atoms with E-state index in [1.165, 1.54) is 6.26 Å². The van der Waals surface area contributed by atoms with E-state index in [0.717, 1.165) is 13.3 Å². The molecule has 0 spiro atoms. The molecule has 0 saturated carbocycles. The van der Waals surface area contributed by atoms with Gasteiger partial charge in [0, 0.05) is 5.57 Å². The van der Waals surface area contributed by atoms with E-state index in [1.807, 2.05) is 6.08 Å². The number of ether oxygens (including phenoxy) is 1. The summed E-state index contributed by atoms with van der Waals surface area (Å²) in [6.45, 7) is 5.28. The number of rotatable bonds is 3. The van der Waals surface area contributed by atoms with Crippen molar-refractivity contribution < 1.29 is 19.4 Å². The maximum atomic E-state index is 12.1. The fraction of sp³-hybridized carbons (Fsp3) is 0.375. The highest BCUT2D eigenvalue weighted by Crippen LogP contribution is 2.36. The molecule has 1 aliphatic carbocycles. The largest absolute Gasteiger partial charge is 0.464 e. The van der Waals surface area contributed by atoms with Crippen LogP contribution in [0.4, 0.5) is 0 Å². The highest BCUT2D eigenvalue weighted by molar-refractivity contribution is 6.49. The maximum absolute atomic E-state index is 12.1. The Morgan fingerprint density at radius 3 is 2.71 bits per heavy atom. The van der Waals surface area contributed by atoms with E-state index in [1.54, 1.807) is 12.2 Å². The number of allylic oxidation sites excluding steroid dienone is 4. The second-order valence-electron chi connectivity index (χ2n) is 5.40. The summed E-state index contributed by atoms with van der Waals surface area (Å²) in [7, 11) is 0. The van der Waals surface area contributed by atoms with Gasteiger partial charge in [-0.1, -0.05) is 37.9 Å². The summed E-state index contributed by atoms with van der Waals surface area (Å²) in [4.78, 5) is 24.1. The van der Waals surface area contributed by atoms with E-state index in [2.05, 4.69) is 13.8 Å². The average molecular weight is 309 g/mol. The monoisotopic (exact) mass is 308 g/mol. The van der Waals surface area contributed by atoms with Gasteiger partial charge in [-0.15, -0.1) is 0 Å². The van der Waals surface area contributed by atoms with Crippen molar-refractivity contribution in [2.24, 2.45) is 5.92 Å². The number of hydrogen-bond acceptors (Lipinski definition) is 4. The van der Waals surface area contributed by atoms with Gasteiger partial charge in [0.2, 0.25) is 11.6 Å². The maximum Gasteiger partial charge on any atom is 0.214 e. The lowest BCUT2D eigenvalue weighted by molar-refractivity contribution is -0.144. The van der Waals surface area contributed by atoms with E-state index in [4.69, 9.17) is 16.3 Å². The van der Waals surface area contributed by atoms with Crippen LogP contribution in [0.15, 0.2) is 46.4 Å². The van der Waals surface area contributed by atoms with Gasteiger partial charge in [-0.2, -0.15) is 0 Å². The van der Waals surface area contributed by atoms with Crippen LogP contribution in [0.5, 0.6) is 0 Å². The van der Waals surface area contributed by atoms with E-state index in [9.17, 15) is 14.7 Å². The van der Waals surface area contributed by atoms with Crippen LogP contribution in [-0.2, 0) is 14.3 Å². The van der Waals surface area contributed by atoms with Crippen LogP contribution in [0, 0.1) is 5.92 Å². The quantitative estimate of drug-likeness (QED) is 0.814. The lowest BCUT2D eigenvalue weighted by Crippen LogP contribution is -2.48. The summed E-state index contributed by atoms with van der Waals surface area (Å²) in [5, 5.41) is 9.80. The predicted molar refractivity (Wildman–Crippen MR) is 79.4 cm³/mol. The van der Waals surface area contributed by atoms with Gasteiger partial charge in [0.05, 0.1) is 10.6 Å². The second kappa shape index (κ2) is 5.62. The Morgan fingerprint density at radius 1 is 1.43 bits per heavy atom. The fourth-order valence-electron chi connectivity index (χ4n) is 1.99. The third-order valence-corrected chi connectivity index (χ3v) is 4.06. The van der Waals surface area contributed by atoms with Crippen LogP contribution in [0.1, 0.15) is 27.2 Å². The third kappa shape index (κ3) is 2.74. The highest BCUT2D eigenvalue weighted by Gasteiger charge is 2.48. The SMILES string of the molecule is CC[C@H](C)/C=C/C1=CC2=C(Cl)C(=O)[C@@](C)(O)C(=O)C2=CO1. The van der Waals surface area contributed by atoms with Crippen LogP contribution in [0.2, 0.25) is 0 Å². The summed E-state index contributed by atoms with van der Waals surface area (Å²) in [6, 6.07) is 0. The van der Waals surface area contributed by atoms with Crippen LogP contribution in [0.25, 0.3) is 0 Å². The van der Waals surface area contributed by atoms with Crippen molar-refractivity contribution in [2.45, 2.75) is 32.8 Å². The predicted octanol–water partition coefficient (Wildman–Crippen LogP) is 2.78. The Bertz CT molecular complexity index is 620. The normalized spacial score (nSPS) is 27.3. The van der Waals surface area contributed by atoms with Crippen molar-refractivity contribution in [3.05, 3.63) is 46.4 Å². The Balaban J connectivity index is 2.40. The lowest BCUT2D eigenvalue weighted by Gasteiger charge is -2.29. The molecule has 2 atom stereocenters. The molecule has 0 aromatic carbocycles. The minimum absolute atomic E-state index is 0.116. The number of carbonyl (C=O) groups excluding carboxylic acids is 2. The number of Topliss-reactive ketones (excluding diaryl/α,β-unsaturated/α-hetero) is 2. The van der Waals surface area contributed by atoms with Gasteiger partial charge < -0.3 is 9.84 Å². The number of fused-ring (bicyclic) bond motifs is 1. The van der Waals surface area contributed by atoms with Crippen LogP contribution in [-0.4, -0.2) is 22.3 Å². The molecule has 2 aliphatic rings. The molecule has 1 heterocycles. The van der Waals surface area contributed by atoms with Gasteiger partial charge in [-0.3, -0.25) is 9.59 Å². The molecule has 0 bridgehead atoms. The van der Waals surface area contributed by atoms with Gasteiger partial charge in [0.25, 0.3) is 0 Å². The summed E-state index contributed by atoms with van der Waals surface area (Å²) in [6.07, 6.45) is 7.52. The summed E-state index contributed by atoms with van der Waals surface area (Å²) in [5.74, 6) is -0.605.